The van der Waals surface area contributed by atoms with Crippen LogP contribution in [0.3, 0.4) is 0 Å². The second kappa shape index (κ2) is 4.46. The number of hydrogen-bond donors (Lipinski definition) is 2. The molecule has 1 aromatic carbocycles. The molecule has 0 unspecified atom stereocenters. The summed E-state index contributed by atoms with van der Waals surface area (Å²) in [5, 5.41) is 0. The highest BCUT2D eigenvalue weighted by atomic mass is 31.2. The maximum absolute atomic E-state index is 10.5. The minimum atomic E-state index is -4.46. The Labute approximate surface area is 81.5 Å². The first-order chi connectivity index (χ1) is 6.51. The van der Waals surface area contributed by atoms with Crippen molar-refractivity contribution < 1.29 is 23.6 Å². The van der Waals surface area contributed by atoms with Crippen LogP contribution in [0.4, 0.5) is 0 Å². The second-order valence-electron chi connectivity index (χ2n) is 2.49. The van der Waals surface area contributed by atoms with Gasteiger partial charge >= 0.3 is 7.82 Å². The van der Waals surface area contributed by atoms with E-state index in [1.165, 1.54) is 12.1 Å². The van der Waals surface area contributed by atoms with Crippen LogP contribution < -0.4 is 9.26 Å². The summed E-state index contributed by atoms with van der Waals surface area (Å²) >= 11 is 0. The molecule has 0 aliphatic heterocycles. The standard InChI is InChI=1S/C8H11O5P/c1-2-12-7-3-5-8(6-4-7)13-14(9,10)11/h3-6H,2H2,1H3,(H2,9,10,11). The molecular weight excluding hydrogens is 207 g/mol. The highest BCUT2D eigenvalue weighted by Crippen LogP contribution is 2.37. The first-order valence-corrected chi connectivity index (χ1v) is 5.52. The van der Waals surface area contributed by atoms with Gasteiger partial charge in [0.25, 0.3) is 0 Å². The monoisotopic (exact) mass is 218 g/mol. The number of hydrogen-bond acceptors (Lipinski definition) is 3. The first kappa shape index (κ1) is 11.0. The predicted octanol–water partition coefficient (Wildman–Crippen LogP) is 1.56. The summed E-state index contributed by atoms with van der Waals surface area (Å²) in [6, 6.07) is 6.02. The third-order valence-corrected chi connectivity index (χ3v) is 1.81. The SMILES string of the molecule is CCOc1ccc(OP(=O)(O)O)cc1. The Morgan fingerprint density at radius 3 is 2.14 bits per heavy atom. The molecule has 14 heavy (non-hydrogen) atoms. The van der Waals surface area contributed by atoms with Gasteiger partial charge in [-0.25, -0.2) is 4.57 Å². The van der Waals surface area contributed by atoms with Crippen molar-refractivity contribution in [3.05, 3.63) is 24.3 Å². The highest BCUT2D eigenvalue weighted by molar-refractivity contribution is 7.46. The molecule has 1 rings (SSSR count). The minimum absolute atomic E-state index is 0.113. The van der Waals surface area contributed by atoms with Crippen molar-refractivity contribution in [3.8, 4) is 11.5 Å². The van der Waals surface area contributed by atoms with Gasteiger partial charge in [0.1, 0.15) is 11.5 Å². The Balaban J connectivity index is 2.69. The molecule has 0 aromatic heterocycles. The lowest BCUT2D eigenvalue weighted by atomic mass is 10.3. The molecule has 0 heterocycles. The van der Waals surface area contributed by atoms with E-state index in [9.17, 15) is 4.57 Å². The average molecular weight is 218 g/mol. The molecule has 5 nitrogen and oxygen atoms in total. The minimum Gasteiger partial charge on any atom is -0.494 e. The van der Waals surface area contributed by atoms with Gasteiger partial charge in [-0.2, -0.15) is 0 Å². The lowest BCUT2D eigenvalue weighted by Gasteiger charge is -2.07. The zero-order chi connectivity index (χ0) is 10.6. The summed E-state index contributed by atoms with van der Waals surface area (Å²) in [7, 11) is -4.46. The Hall–Kier alpha value is -1.03. The maximum atomic E-state index is 10.5. The molecule has 0 fully saturated rings. The van der Waals surface area contributed by atoms with Crippen molar-refractivity contribution in [2.24, 2.45) is 0 Å². The summed E-state index contributed by atoms with van der Waals surface area (Å²) in [6.45, 7) is 2.39. The van der Waals surface area contributed by atoms with E-state index in [2.05, 4.69) is 4.52 Å². The van der Waals surface area contributed by atoms with Crippen LogP contribution in [0.1, 0.15) is 6.92 Å². The Morgan fingerprint density at radius 2 is 1.71 bits per heavy atom. The van der Waals surface area contributed by atoms with Crippen LogP contribution in [0.15, 0.2) is 24.3 Å². The average Bonchev–Trinajstić information content (AvgIpc) is 2.06. The van der Waals surface area contributed by atoms with E-state index in [1.54, 1.807) is 12.1 Å². The normalized spacial score (nSPS) is 11.1. The van der Waals surface area contributed by atoms with E-state index in [-0.39, 0.29) is 5.75 Å². The summed E-state index contributed by atoms with van der Waals surface area (Å²) in [5.74, 6) is 0.743. The molecule has 0 atom stereocenters. The van der Waals surface area contributed by atoms with Crippen molar-refractivity contribution in [1.82, 2.24) is 0 Å². The zero-order valence-corrected chi connectivity index (χ0v) is 8.48. The van der Waals surface area contributed by atoms with Crippen LogP contribution >= 0.6 is 7.82 Å². The number of ether oxygens (including phenoxy) is 1. The van der Waals surface area contributed by atoms with E-state index in [4.69, 9.17) is 14.5 Å². The van der Waals surface area contributed by atoms with E-state index in [1.807, 2.05) is 6.92 Å². The molecule has 0 radical (unpaired) electrons. The fraction of sp³-hybridized carbons (Fsp3) is 0.250. The van der Waals surface area contributed by atoms with Gasteiger partial charge in [-0.15, -0.1) is 0 Å². The Bertz CT molecular complexity index is 328. The van der Waals surface area contributed by atoms with Gasteiger partial charge in [0.15, 0.2) is 0 Å². The topological polar surface area (TPSA) is 76.0 Å². The first-order valence-electron chi connectivity index (χ1n) is 3.99. The van der Waals surface area contributed by atoms with Crippen molar-refractivity contribution in [2.45, 2.75) is 6.92 Å². The van der Waals surface area contributed by atoms with Gasteiger partial charge in [0.05, 0.1) is 6.61 Å². The van der Waals surface area contributed by atoms with Crippen LogP contribution in [-0.2, 0) is 4.57 Å². The molecule has 6 heteroatoms. The predicted molar refractivity (Wildman–Crippen MR) is 50.3 cm³/mol. The quantitative estimate of drug-likeness (QED) is 0.750. The van der Waals surface area contributed by atoms with Gasteiger partial charge in [-0.05, 0) is 31.2 Å². The maximum Gasteiger partial charge on any atom is 0.524 e. The third-order valence-electron chi connectivity index (χ3n) is 1.36. The summed E-state index contributed by atoms with van der Waals surface area (Å²) in [4.78, 5) is 17.0. The molecule has 0 aliphatic rings. The Kier molecular flexibility index (Phi) is 3.52. The Morgan fingerprint density at radius 1 is 1.21 bits per heavy atom. The van der Waals surface area contributed by atoms with Crippen LogP contribution in [0.25, 0.3) is 0 Å². The molecule has 0 amide bonds. The summed E-state index contributed by atoms with van der Waals surface area (Å²) in [5.41, 5.74) is 0. The number of rotatable bonds is 4. The molecule has 0 bridgehead atoms. The van der Waals surface area contributed by atoms with Gasteiger partial charge in [-0.3, -0.25) is 9.79 Å². The molecule has 0 saturated heterocycles. The van der Waals surface area contributed by atoms with E-state index in [0.29, 0.717) is 12.4 Å². The largest absolute Gasteiger partial charge is 0.524 e. The van der Waals surface area contributed by atoms with Crippen molar-refractivity contribution >= 4 is 7.82 Å². The fourth-order valence-electron chi connectivity index (χ4n) is 0.901. The zero-order valence-electron chi connectivity index (χ0n) is 7.58. The second-order valence-corrected chi connectivity index (χ2v) is 3.65. The lowest BCUT2D eigenvalue weighted by Crippen LogP contribution is -1.92. The van der Waals surface area contributed by atoms with Crippen molar-refractivity contribution in [3.63, 3.8) is 0 Å². The van der Waals surface area contributed by atoms with Gasteiger partial charge in [0.2, 0.25) is 0 Å². The number of phosphoric ester groups is 1. The van der Waals surface area contributed by atoms with E-state index < -0.39 is 7.82 Å². The molecule has 0 saturated carbocycles. The molecule has 0 aliphatic carbocycles. The number of benzene rings is 1. The van der Waals surface area contributed by atoms with E-state index in [0.717, 1.165) is 0 Å². The van der Waals surface area contributed by atoms with Crippen LogP contribution in [0.2, 0.25) is 0 Å². The van der Waals surface area contributed by atoms with Gasteiger partial charge < -0.3 is 9.26 Å². The van der Waals surface area contributed by atoms with Crippen LogP contribution in [0.5, 0.6) is 11.5 Å². The van der Waals surface area contributed by atoms with Crippen LogP contribution in [0, 0.1) is 0 Å². The number of phosphoric acid groups is 1. The lowest BCUT2D eigenvalue weighted by molar-refractivity contribution is 0.282. The summed E-state index contributed by atoms with van der Waals surface area (Å²) < 4.78 is 19.9. The third kappa shape index (κ3) is 3.79. The van der Waals surface area contributed by atoms with E-state index >= 15 is 0 Å². The van der Waals surface area contributed by atoms with Crippen LogP contribution in [-0.4, -0.2) is 16.4 Å². The van der Waals surface area contributed by atoms with Gasteiger partial charge in [0, 0.05) is 0 Å². The summed E-state index contributed by atoms with van der Waals surface area (Å²) in [6.07, 6.45) is 0. The fourth-order valence-corrected chi connectivity index (χ4v) is 1.30. The van der Waals surface area contributed by atoms with Crippen molar-refractivity contribution in [2.75, 3.05) is 6.61 Å². The highest BCUT2D eigenvalue weighted by Gasteiger charge is 2.15. The molecular formula is C8H11O5P. The van der Waals surface area contributed by atoms with Gasteiger partial charge in [-0.1, -0.05) is 0 Å². The molecule has 2 N–H and O–H groups in total. The molecule has 78 valence electrons. The van der Waals surface area contributed by atoms with Crippen molar-refractivity contribution in [1.29, 1.82) is 0 Å². The molecule has 1 aromatic rings. The smallest absolute Gasteiger partial charge is 0.494 e. The molecule has 0 spiro atoms.